The van der Waals surface area contributed by atoms with Crippen molar-refractivity contribution in [2.75, 3.05) is 27.2 Å². The third kappa shape index (κ3) is 4.26. The monoisotopic (exact) mass is 439 g/mol. The van der Waals surface area contributed by atoms with Crippen molar-refractivity contribution < 1.29 is 4.79 Å². The van der Waals surface area contributed by atoms with Crippen LogP contribution in [-0.2, 0) is 0 Å². The fourth-order valence-corrected chi connectivity index (χ4v) is 3.73. The van der Waals surface area contributed by atoms with Gasteiger partial charge in [0.05, 0.1) is 16.8 Å². The van der Waals surface area contributed by atoms with Crippen LogP contribution in [0.25, 0.3) is 32.9 Å². The number of para-hydroxylation sites is 1. The van der Waals surface area contributed by atoms with E-state index in [0.717, 1.165) is 34.0 Å². The number of amides is 1. The van der Waals surface area contributed by atoms with Gasteiger partial charge in [0, 0.05) is 34.4 Å². The molecule has 1 aromatic heterocycles. The van der Waals surface area contributed by atoms with Crippen molar-refractivity contribution in [3.05, 3.63) is 77.3 Å². The van der Waals surface area contributed by atoms with E-state index in [1.165, 1.54) is 0 Å². The smallest absolute Gasteiger partial charge is 0.253 e. The van der Waals surface area contributed by atoms with Crippen molar-refractivity contribution in [3.8, 4) is 11.3 Å². The number of nitrogens with zero attached hydrogens (tertiary/aromatic N) is 2. The molecule has 4 aromatic rings. The Hall–Kier alpha value is -2.66. The molecule has 1 heterocycles. The Morgan fingerprint density at radius 2 is 1.60 bits per heavy atom. The second-order valence-electron chi connectivity index (χ2n) is 7.25. The van der Waals surface area contributed by atoms with Crippen molar-refractivity contribution in [1.82, 2.24) is 15.2 Å². The molecule has 0 aliphatic rings. The summed E-state index contributed by atoms with van der Waals surface area (Å²) < 4.78 is 0. The molecule has 30 heavy (non-hydrogen) atoms. The lowest BCUT2D eigenvalue weighted by atomic mass is 9.98. The SMILES string of the molecule is CN(C)CCNC(=O)c1cccc2c1nc(-c1ccccc1Cl)c1ccccc12.Cl. The Labute approximate surface area is 187 Å². The maximum Gasteiger partial charge on any atom is 0.253 e. The molecule has 0 aliphatic heterocycles. The van der Waals surface area contributed by atoms with Crippen LogP contribution in [0.1, 0.15) is 10.4 Å². The van der Waals surface area contributed by atoms with Crippen LogP contribution in [0, 0.1) is 0 Å². The third-order valence-corrected chi connectivity index (χ3v) is 5.28. The number of benzene rings is 3. The lowest BCUT2D eigenvalue weighted by Gasteiger charge is -2.14. The van der Waals surface area contributed by atoms with Crippen LogP contribution in [0.3, 0.4) is 0 Å². The Balaban J connectivity index is 0.00000256. The predicted octanol–water partition coefficient (Wildman–Crippen LogP) is 5.42. The second-order valence-corrected chi connectivity index (χ2v) is 7.65. The van der Waals surface area contributed by atoms with Gasteiger partial charge in [-0.25, -0.2) is 4.98 Å². The average molecular weight is 440 g/mol. The highest BCUT2D eigenvalue weighted by Gasteiger charge is 2.17. The first-order chi connectivity index (χ1) is 14.1. The minimum Gasteiger partial charge on any atom is -0.351 e. The highest BCUT2D eigenvalue weighted by atomic mass is 35.5. The average Bonchev–Trinajstić information content (AvgIpc) is 2.73. The molecule has 0 spiro atoms. The van der Waals surface area contributed by atoms with Gasteiger partial charge in [-0.1, -0.05) is 66.2 Å². The van der Waals surface area contributed by atoms with Crippen LogP contribution in [0.15, 0.2) is 66.7 Å². The summed E-state index contributed by atoms with van der Waals surface area (Å²) in [6.07, 6.45) is 0. The standard InChI is InChI=1S/C24H22ClN3O.ClH/c1-28(2)15-14-26-24(29)20-12-7-11-18-16-8-3-4-9-17(16)22(27-23(18)20)19-10-5-6-13-21(19)25;/h3-13H,14-15H2,1-2H3,(H,26,29);1H. The molecular weight excluding hydrogens is 417 g/mol. The zero-order chi connectivity index (χ0) is 20.4. The molecular formula is C24H23Cl2N3O. The van der Waals surface area contributed by atoms with E-state index in [0.29, 0.717) is 22.6 Å². The number of nitrogens with one attached hydrogen (secondary N) is 1. The van der Waals surface area contributed by atoms with E-state index < -0.39 is 0 Å². The quantitative estimate of drug-likeness (QED) is 0.422. The number of carbonyl (C=O) groups excluding carboxylic acids is 1. The molecule has 0 unspecified atom stereocenters. The van der Waals surface area contributed by atoms with E-state index in [-0.39, 0.29) is 18.3 Å². The summed E-state index contributed by atoms with van der Waals surface area (Å²) in [4.78, 5) is 19.9. The molecule has 1 amide bonds. The first kappa shape index (κ1) is 22.0. The molecule has 4 nitrogen and oxygen atoms in total. The molecule has 6 heteroatoms. The highest BCUT2D eigenvalue weighted by molar-refractivity contribution is 6.33. The van der Waals surface area contributed by atoms with Gasteiger partial charge >= 0.3 is 0 Å². The van der Waals surface area contributed by atoms with Gasteiger partial charge in [-0.15, -0.1) is 12.4 Å². The van der Waals surface area contributed by atoms with Gasteiger partial charge in [-0.05, 0) is 31.6 Å². The lowest BCUT2D eigenvalue weighted by molar-refractivity contribution is 0.0952. The molecule has 0 atom stereocenters. The first-order valence-corrected chi connectivity index (χ1v) is 9.93. The molecule has 0 fully saturated rings. The predicted molar refractivity (Wildman–Crippen MR) is 128 cm³/mol. The number of halogens is 2. The Morgan fingerprint density at radius 3 is 2.33 bits per heavy atom. The second kappa shape index (κ2) is 9.43. The number of hydrogen-bond donors (Lipinski definition) is 1. The topological polar surface area (TPSA) is 45.2 Å². The summed E-state index contributed by atoms with van der Waals surface area (Å²) in [5, 5.41) is 6.65. The molecule has 0 aliphatic carbocycles. The Bertz CT molecular complexity index is 1210. The molecule has 0 bridgehead atoms. The summed E-state index contributed by atoms with van der Waals surface area (Å²) in [6, 6.07) is 21.5. The Morgan fingerprint density at radius 1 is 0.933 bits per heavy atom. The number of rotatable bonds is 5. The number of pyridine rings is 1. The van der Waals surface area contributed by atoms with Crippen molar-refractivity contribution >= 4 is 51.6 Å². The molecule has 0 saturated heterocycles. The van der Waals surface area contributed by atoms with E-state index in [1.807, 2.05) is 79.7 Å². The lowest BCUT2D eigenvalue weighted by Crippen LogP contribution is -2.31. The van der Waals surface area contributed by atoms with Crippen molar-refractivity contribution in [3.63, 3.8) is 0 Å². The largest absolute Gasteiger partial charge is 0.351 e. The summed E-state index contributed by atoms with van der Waals surface area (Å²) >= 11 is 6.49. The summed E-state index contributed by atoms with van der Waals surface area (Å²) in [5.41, 5.74) is 2.89. The zero-order valence-electron chi connectivity index (χ0n) is 16.9. The van der Waals surface area contributed by atoms with E-state index in [2.05, 4.69) is 11.4 Å². The molecule has 1 N–H and O–H groups in total. The molecule has 0 radical (unpaired) electrons. The molecule has 154 valence electrons. The van der Waals surface area contributed by atoms with Gasteiger partial charge in [-0.2, -0.15) is 0 Å². The van der Waals surface area contributed by atoms with E-state index in [4.69, 9.17) is 16.6 Å². The normalized spacial score (nSPS) is 10.9. The van der Waals surface area contributed by atoms with Crippen molar-refractivity contribution in [2.24, 2.45) is 0 Å². The maximum absolute atomic E-state index is 12.9. The fraction of sp³-hybridized carbons (Fsp3) is 0.167. The number of likely N-dealkylation sites (N-methyl/N-ethyl adjacent to an activating group) is 1. The Kier molecular flexibility index (Phi) is 6.93. The third-order valence-electron chi connectivity index (χ3n) is 4.95. The molecule has 0 saturated carbocycles. The molecule has 4 rings (SSSR count). The zero-order valence-corrected chi connectivity index (χ0v) is 18.4. The minimum absolute atomic E-state index is 0. The van der Waals surface area contributed by atoms with E-state index in [1.54, 1.807) is 0 Å². The van der Waals surface area contributed by atoms with Gasteiger partial charge in [0.15, 0.2) is 0 Å². The van der Waals surface area contributed by atoms with Crippen LogP contribution in [0.4, 0.5) is 0 Å². The fourth-order valence-electron chi connectivity index (χ4n) is 3.51. The number of fused-ring (bicyclic) bond motifs is 3. The van der Waals surface area contributed by atoms with Gasteiger partial charge in [0.1, 0.15) is 0 Å². The maximum atomic E-state index is 12.9. The van der Waals surface area contributed by atoms with Crippen LogP contribution in [-0.4, -0.2) is 43.0 Å². The summed E-state index contributed by atoms with van der Waals surface area (Å²) in [7, 11) is 3.96. The minimum atomic E-state index is -0.120. The number of hydrogen-bond acceptors (Lipinski definition) is 3. The van der Waals surface area contributed by atoms with Crippen molar-refractivity contribution in [2.45, 2.75) is 0 Å². The van der Waals surface area contributed by atoms with Crippen molar-refractivity contribution in [1.29, 1.82) is 0 Å². The number of carbonyl (C=O) groups is 1. The van der Waals surface area contributed by atoms with Crippen LogP contribution >= 0.6 is 24.0 Å². The summed E-state index contributed by atoms with van der Waals surface area (Å²) in [6.45, 7) is 1.35. The summed E-state index contributed by atoms with van der Waals surface area (Å²) in [5.74, 6) is -0.120. The first-order valence-electron chi connectivity index (χ1n) is 9.55. The van der Waals surface area contributed by atoms with Crippen LogP contribution in [0.5, 0.6) is 0 Å². The molecule has 3 aromatic carbocycles. The van der Waals surface area contributed by atoms with E-state index in [9.17, 15) is 4.79 Å². The van der Waals surface area contributed by atoms with Gasteiger partial charge in [0.25, 0.3) is 5.91 Å². The van der Waals surface area contributed by atoms with Gasteiger partial charge < -0.3 is 10.2 Å². The number of aromatic nitrogens is 1. The van der Waals surface area contributed by atoms with E-state index >= 15 is 0 Å². The highest BCUT2D eigenvalue weighted by Crippen LogP contribution is 2.36. The van der Waals surface area contributed by atoms with Gasteiger partial charge in [-0.3, -0.25) is 4.79 Å². The van der Waals surface area contributed by atoms with Crippen LogP contribution < -0.4 is 5.32 Å². The van der Waals surface area contributed by atoms with Crippen LogP contribution in [0.2, 0.25) is 5.02 Å². The van der Waals surface area contributed by atoms with Gasteiger partial charge in [0.2, 0.25) is 0 Å².